The zero-order valence-electron chi connectivity index (χ0n) is 12.7. The molecule has 3 heteroatoms. The fourth-order valence-corrected chi connectivity index (χ4v) is 3.09. The molecule has 0 saturated carbocycles. The van der Waals surface area contributed by atoms with Crippen LogP contribution in [0.5, 0.6) is 0 Å². The van der Waals surface area contributed by atoms with Gasteiger partial charge in [-0.05, 0) is 69.9 Å². The Morgan fingerprint density at radius 3 is 2.95 bits per heavy atom. The standard InChI is InChI=1S/C17H27FN2/c1-3-10-20-11-5-8-17(9-12-20)19-14(2)15-6-4-7-16(18)13-15/h4,6-7,13-14,17,19H,3,5,8-12H2,1-2H3/t14-,17?/m1/s1. The highest BCUT2D eigenvalue weighted by Gasteiger charge is 2.18. The van der Waals surface area contributed by atoms with Gasteiger partial charge in [0, 0.05) is 12.1 Å². The minimum Gasteiger partial charge on any atom is -0.307 e. The number of nitrogens with one attached hydrogen (secondary N) is 1. The smallest absolute Gasteiger partial charge is 0.123 e. The summed E-state index contributed by atoms with van der Waals surface area (Å²) in [6.45, 7) is 7.99. The van der Waals surface area contributed by atoms with E-state index in [0.29, 0.717) is 6.04 Å². The number of hydrogen-bond donors (Lipinski definition) is 1. The Hall–Kier alpha value is -0.930. The van der Waals surface area contributed by atoms with Crippen LogP contribution >= 0.6 is 0 Å². The van der Waals surface area contributed by atoms with Crippen molar-refractivity contribution >= 4 is 0 Å². The lowest BCUT2D eigenvalue weighted by Crippen LogP contribution is -2.33. The summed E-state index contributed by atoms with van der Waals surface area (Å²) in [5, 5.41) is 3.67. The maximum absolute atomic E-state index is 13.3. The molecule has 0 aromatic heterocycles. The first-order chi connectivity index (χ1) is 9.69. The molecule has 2 rings (SSSR count). The minimum atomic E-state index is -0.147. The van der Waals surface area contributed by atoms with Crippen molar-refractivity contribution in [3.8, 4) is 0 Å². The first-order valence-electron chi connectivity index (χ1n) is 7.93. The van der Waals surface area contributed by atoms with E-state index in [9.17, 15) is 4.39 Å². The van der Waals surface area contributed by atoms with Gasteiger partial charge in [-0.3, -0.25) is 0 Å². The summed E-state index contributed by atoms with van der Waals surface area (Å²) < 4.78 is 13.3. The Morgan fingerprint density at radius 2 is 2.20 bits per heavy atom. The molecule has 1 aliphatic heterocycles. The van der Waals surface area contributed by atoms with Crippen LogP contribution in [0.15, 0.2) is 24.3 Å². The Balaban J connectivity index is 1.86. The third kappa shape index (κ3) is 4.57. The molecule has 1 aromatic rings. The van der Waals surface area contributed by atoms with Crippen molar-refractivity contribution in [2.24, 2.45) is 0 Å². The Labute approximate surface area is 122 Å². The predicted octanol–water partition coefficient (Wildman–Crippen LogP) is 3.74. The Bertz CT molecular complexity index is 408. The van der Waals surface area contributed by atoms with Gasteiger partial charge in [0.05, 0.1) is 0 Å². The van der Waals surface area contributed by atoms with Gasteiger partial charge in [-0.1, -0.05) is 19.1 Å². The van der Waals surface area contributed by atoms with Crippen LogP contribution in [0.25, 0.3) is 0 Å². The van der Waals surface area contributed by atoms with Crippen molar-refractivity contribution in [2.45, 2.75) is 51.6 Å². The van der Waals surface area contributed by atoms with Crippen LogP contribution in [0.1, 0.15) is 51.1 Å². The Morgan fingerprint density at radius 1 is 1.35 bits per heavy atom. The number of hydrogen-bond acceptors (Lipinski definition) is 2. The van der Waals surface area contributed by atoms with Crippen LogP contribution in [0, 0.1) is 5.82 Å². The van der Waals surface area contributed by atoms with Crippen molar-refractivity contribution < 1.29 is 4.39 Å². The number of rotatable bonds is 5. The molecule has 0 amide bonds. The molecule has 1 aromatic carbocycles. The summed E-state index contributed by atoms with van der Waals surface area (Å²) in [7, 11) is 0. The molecule has 1 aliphatic rings. The van der Waals surface area contributed by atoms with Gasteiger partial charge in [-0.15, -0.1) is 0 Å². The van der Waals surface area contributed by atoms with Crippen molar-refractivity contribution in [3.63, 3.8) is 0 Å². The van der Waals surface area contributed by atoms with Gasteiger partial charge in [0.25, 0.3) is 0 Å². The van der Waals surface area contributed by atoms with Crippen molar-refractivity contribution in [3.05, 3.63) is 35.6 Å². The summed E-state index contributed by atoms with van der Waals surface area (Å²) >= 11 is 0. The third-order valence-electron chi connectivity index (χ3n) is 4.19. The molecule has 112 valence electrons. The predicted molar refractivity (Wildman–Crippen MR) is 82.3 cm³/mol. The molecule has 1 heterocycles. The summed E-state index contributed by atoms with van der Waals surface area (Å²) in [5.41, 5.74) is 1.04. The SMILES string of the molecule is CCCN1CCCC(N[C@H](C)c2cccc(F)c2)CC1. The number of benzene rings is 1. The van der Waals surface area contributed by atoms with Crippen molar-refractivity contribution in [2.75, 3.05) is 19.6 Å². The van der Waals surface area contributed by atoms with Gasteiger partial charge in [0.1, 0.15) is 5.82 Å². The number of nitrogens with zero attached hydrogens (tertiary/aromatic N) is 1. The molecule has 2 nitrogen and oxygen atoms in total. The van der Waals surface area contributed by atoms with E-state index in [4.69, 9.17) is 0 Å². The van der Waals surface area contributed by atoms with Crippen LogP contribution in [0.2, 0.25) is 0 Å². The molecule has 1 fully saturated rings. The summed E-state index contributed by atoms with van der Waals surface area (Å²) in [5.74, 6) is -0.147. The highest BCUT2D eigenvalue weighted by molar-refractivity contribution is 5.19. The zero-order chi connectivity index (χ0) is 14.4. The normalized spacial score (nSPS) is 22.4. The van der Waals surface area contributed by atoms with E-state index < -0.39 is 0 Å². The minimum absolute atomic E-state index is 0.147. The van der Waals surface area contributed by atoms with E-state index in [-0.39, 0.29) is 11.9 Å². The fraction of sp³-hybridized carbons (Fsp3) is 0.647. The van der Waals surface area contributed by atoms with Gasteiger partial charge in [0.2, 0.25) is 0 Å². The van der Waals surface area contributed by atoms with Gasteiger partial charge in [-0.25, -0.2) is 4.39 Å². The Kier molecular flexibility index (Phi) is 5.99. The van der Waals surface area contributed by atoms with E-state index in [0.717, 1.165) is 5.56 Å². The van der Waals surface area contributed by atoms with E-state index in [1.54, 1.807) is 12.1 Å². The number of likely N-dealkylation sites (tertiary alicyclic amines) is 1. The molecule has 1 N–H and O–H groups in total. The molecule has 2 atom stereocenters. The first kappa shape index (κ1) is 15.5. The van der Waals surface area contributed by atoms with E-state index >= 15 is 0 Å². The van der Waals surface area contributed by atoms with Gasteiger partial charge in [0.15, 0.2) is 0 Å². The van der Waals surface area contributed by atoms with Crippen LogP contribution < -0.4 is 5.32 Å². The second-order valence-corrected chi connectivity index (χ2v) is 5.91. The lowest BCUT2D eigenvalue weighted by Gasteiger charge is -2.23. The fourth-order valence-electron chi connectivity index (χ4n) is 3.09. The van der Waals surface area contributed by atoms with E-state index in [1.165, 1.54) is 51.4 Å². The highest BCUT2D eigenvalue weighted by atomic mass is 19.1. The third-order valence-corrected chi connectivity index (χ3v) is 4.19. The molecular weight excluding hydrogens is 251 g/mol. The maximum atomic E-state index is 13.3. The second kappa shape index (κ2) is 7.75. The molecule has 1 unspecified atom stereocenters. The maximum Gasteiger partial charge on any atom is 0.123 e. The van der Waals surface area contributed by atoms with Crippen LogP contribution in [0.3, 0.4) is 0 Å². The monoisotopic (exact) mass is 278 g/mol. The van der Waals surface area contributed by atoms with E-state index in [2.05, 4.69) is 24.1 Å². The highest BCUT2D eigenvalue weighted by Crippen LogP contribution is 2.18. The zero-order valence-corrected chi connectivity index (χ0v) is 12.7. The molecule has 0 aliphatic carbocycles. The largest absolute Gasteiger partial charge is 0.307 e. The number of halogens is 1. The van der Waals surface area contributed by atoms with E-state index in [1.807, 2.05) is 6.07 Å². The van der Waals surface area contributed by atoms with Crippen molar-refractivity contribution in [1.82, 2.24) is 10.2 Å². The first-order valence-corrected chi connectivity index (χ1v) is 7.93. The summed E-state index contributed by atoms with van der Waals surface area (Å²) in [6, 6.07) is 7.70. The lowest BCUT2D eigenvalue weighted by atomic mass is 10.0. The van der Waals surface area contributed by atoms with Crippen LogP contribution in [-0.4, -0.2) is 30.6 Å². The molecule has 20 heavy (non-hydrogen) atoms. The van der Waals surface area contributed by atoms with Gasteiger partial charge >= 0.3 is 0 Å². The molecule has 1 saturated heterocycles. The second-order valence-electron chi connectivity index (χ2n) is 5.91. The quantitative estimate of drug-likeness (QED) is 0.882. The van der Waals surface area contributed by atoms with Gasteiger partial charge < -0.3 is 10.2 Å². The van der Waals surface area contributed by atoms with Crippen LogP contribution in [-0.2, 0) is 0 Å². The molecule has 0 radical (unpaired) electrons. The topological polar surface area (TPSA) is 15.3 Å². The van der Waals surface area contributed by atoms with Crippen LogP contribution in [0.4, 0.5) is 4.39 Å². The van der Waals surface area contributed by atoms with Gasteiger partial charge in [-0.2, -0.15) is 0 Å². The molecule has 0 spiro atoms. The summed E-state index contributed by atoms with van der Waals surface area (Å²) in [6.07, 6.45) is 4.91. The van der Waals surface area contributed by atoms with Crippen molar-refractivity contribution in [1.29, 1.82) is 0 Å². The molecule has 0 bridgehead atoms. The molecular formula is C17H27FN2. The average molecular weight is 278 g/mol. The summed E-state index contributed by atoms with van der Waals surface area (Å²) in [4.78, 5) is 2.56. The average Bonchev–Trinajstić information content (AvgIpc) is 2.65. The lowest BCUT2D eigenvalue weighted by molar-refractivity contribution is 0.281.